The van der Waals surface area contributed by atoms with Gasteiger partial charge in [-0.3, -0.25) is 0 Å². The van der Waals surface area contributed by atoms with Gasteiger partial charge >= 0.3 is 0 Å². The van der Waals surface area contributed by atoms with Crippen LogP contribution < -0.4 is 20.1 Å². The zero-order chi connectivity index (χ0) is 18.5. The van der Waals surface area contributed by atoms with E-state index in [4.69, 9.17) is 21.7 Å². The molecule has 0 saturated heterocycles. The van der Waals surface area contributed by atoms with Gasteiger partial charge in [0.2, 0.25) is 0 Å². The second-order valence-corrected chi connectivity index (χ2v) is 6.62. The summed E-state index contributed by atoms with van der Waals surface area (Å²) in [6.45, 7) is 1.14. The van der Waals surface area contributed by atoms with E-state index in [1.54, 1.807) is 0 Å². The van der Waals surface area contributed by atoms with Crippen molar-refractivity contribution in [3.05, 3.63) is 90.0 Å². The lowest BCUT2D eigenvalue weighted by Gasteiger charge is -2.23. The van der Waals surface area contributed by atoms with E-state index >= 15 is 0 Å². The van der Waals surface area contributed by atoms with Gasteiger partial charge in [0.1, 0.15) is 13.2 Å². The quantitative estimate of drug-likeness (QED) is 0.655. The Morgan fingerprint density at radius 2 is 1.37 bits per heavy atom. The van der Waals surface area contributed by atoms with Gasteiger partial charge in [-0.15, -0.1) is 0 Å². The highest BCUT2D eigenvalue weighted by molar-refractivity contribution is 7.80. The summed E-state index contributed by atoms with van der Waals surface area (Å²) in [6.07, 6.45) is 0. The van der Waals surface area contributed by atoms with Gasteiger partial charge in [0, 0.05) is 11.8 Å². The molecule has 0 amide bonds. The molecule has 2 N–H and O–H groups in total. The van der Waals surface area contributed by atoms with Crippen LogP contribution in [-0.4, -0.2) is 18.3 Å². The predicted octanol–water partition coefficient (Wildman–Crippen LogP) is 4.53. The van der Waals surface area contributed by atoms with Crippen molar-refractivity contribution in [2.45, 2.75) is 6.04 Å². The van der Waals surface area contributed by atoms with Crippen molar-refractivity contribution in [3.63, 3.8) is 0 Å². The van der Waals surface area contributed by atoms with Gasteiger partial charge in [-0.1, -0.05) is 60.7 Å². The molecule has 4 nitrogen and oxygen atoms in total. The van der Waals surface area contributed by atoms with Gasteiger partial charge in [-0.2, -0.15) is 0 Å². The van der Waals surface area contributed by atoms with E-state index in [0.717, 1.165) is 28.3 Å². The molecule has 0 saturated carbocycles. The van der Waals surface area contributed by atoms with Crippen LogP contribution in [0, 0.1) is 0 Å². The fourth-order valence-electron chi connectivity index (χ4n) is 3.07. The Bertz CT molecular complexity index is 877. The molecule has 1 aliphatic rings. The van der Waals surface area contributed by atoms with Gasteiger partial charge in [-0.25, -0.2) is 0 Å². The van der Waals surface area contributed by atoms with Crippen LogP contribution in [0.2, 0.25) is 0 Å². The number of ether oxygens (including phenoxy) is 2. The summed E-state index contributed by atoms with van der Waals surface area (Å²) < 4.78 is 11.2. The van der Waals surface area contributed by atoms with E-state index in [2.05, 4.69) is 34.9 Å². The molecule has 0 spiro atoms. The third-order valence-electron chi connectivity index (χ3n) is 4.34. The largest absolute Gasteiger partial charge is 0.486 e. The minimum atomic E-state index is -0.0374. The number of nitrogens with one attached hydrogen (secondary N) is 2. The second-order valence-electron chi connectivity index (χ2n) is 6.21. The average Bonchev–Trinajstić information content (AvgIpc) is 2.73. The first-order chi connectivity index (χ1) is 13.3. The molecular formula is C22H20N2O2S. The Morgan fingerprint density at radius 3 is 2.00 bits per heavy atom. The number of hydrogen-bond donors (Lipinski definition) is 2. The van der Waals surface area contributed by atoms with Gasteiger partial charge in [0.25, 0.3) is 0 Å². The van der Waals surface area contributed by atoms with Crippen molar-refractivity contribution in [3.8, 4) is 11.5 Å². The lowest BCUT2D eigenvalue weighted by Crippen LogP contribution is -2.33. The molecule has 0 atom stereocenters. The van der Waals surface area contributed by atoms with E-state index in [-0.39, 0.29) is 6.04 Å². The second kappa shape index (κ2) is 8.10. The summed E-state index contributed by atoms with van der Waals surface area (Å²) in [4.78, 5) is 0. The normalized spacial score (nSPS) is 12.5. The van der Waals surface area contributed by atoms with Gasteiger partial charge in [0.05, 0.1) is 6.04 Å². The highest BCUT2D eigenvalue weighted by Crippen LogP contribution is 2.32. The fourth-order valence-corrected chi connectivity index (χ4v) is 3.31. The summed E-state index contributed by atoms with van der Waals surface area (Å²) in [5, 5.41) is 7.22. The molecule has 0 aliphatic carbocycles. The SMILES string of the molecule is S=C(Nc1ccc2c(c1)OCCO2)NC(c1ccccc1)c1ccccc1. The Kier molecular flexibility index (Phi) is 5.21. The first-order valence-electron chi connectivity index (χ1n) is 8.87. The first kappa shape index (κ1) is 17.4. The fraction of sp³-hybridized carbons (Fsp3) is 0.136. The maximum Gasteiger partial charge on any atom is 0.171 e. The predicted molar refractivity (Wildman–Crippen MR) is 112 cm³/mol. The van der Waals surface area contributed by atoms with Crippen molar-refractivity contribution < 1.29 is 9.47 Å². The molecule has 0 aromatic heterocycles. The average molecular weight is 376 g/mol. The zero-order valence-corrected chi connectivity index (χ0v) is 15.5. The van der Waals surface area contributed by atoms with E-state index in [9.17, 15) is 0 Å². The van der Waals surface area contributed by atoms with Crippen molar-refractivity contribution in [2.75, 3.05) is 18.5 Å². The molecule has 0 fully saturated rings. The summed E-state index contributed by atoms with van der Waals surface area (Å²) in [5.41, 5.74) is 3.15. The smallest absolute Gasteiger partial charge is 0.171 e. The van der Waals surface area contributed by atoms with Crippen molar-refractivity contribution >= 4 is 23.0 Å². The van der Waals surface area contributed by atoms with Crippen LogP contribution >= 0.6 is 12.2 Å². The standard InChI is InChI=1S/C22H20N2O2S/c27-22(23-18-11-12-19-20(15-18)26-14-13-25-19)24-21(16-7-3-1-4-8-16)17-9-5-2-6-10-17/h1-12,15,21H,13-14H2,(H2,23,24,27). The van der Waals surface area contributed by atoms with Crippen LogP contribution in [0.4, 0.5) is 5.69 Å². The number of benzene rings is 3. The summed E-state index contributed by atoms with van der Waals surface area (Å²) in [7, 11) is 0. The van der Waals surface area contributed by atoms with E-state index in [0.29, 0.717) is 18.3 Å². The van der Waals surface area contributed by atoms with Gasteiger partial charge in [0.15, 0.2) is 16.6 Å². The molecule has 0 unspecified atom stereocenters. The van der Waals surface area contributed by atoms with Gasteiger partial charge in [-0.05, 0) is 35.5 Å². The van der Waals surface area contributed by atoms with Crippen molar-refractivity contribution in [1.82, 2.24) is 5.32 Å². The Hall–Kier alpha value is -3.05. The lowest BCUT2D eigenvalue weighted by molar-refractivity contribution is 0.171. The minimum absolute atomic E-state index is 0.0374. The van der Waals surface area contributed by atoms with E-state index < -0.39 is 0 Å². The topological polar surface area (TPSA) is 42.5 Å². The van der Waals surface area contributed by atoms with Crippen LogP contribution in [-0.2, 0) is 0 Å². The molecule has 5 heteroatoms. The molecule has 1 aliphatic heterocycles. The highest BCUT2D eigenvalue weighted by atomic mass is 32.1. The summed E-state index contributed by atoms with van der Waals surface area (Å²) in [6, 6.07) is 26.2. The van der Waals surface area contributed by atoms with Crippen LogP contribution in [0.3, 0.4) is 0 Å². The van der Waals surface area contributed by atoms with E-state index in [1.165, 1.54) is 0 Å². The zero-order valence-electron chi connectivity index (χ0n) is 14.7. The Balaban J connectivity index is 1.52. The first-order valence-corrected chi connectivity index (χ1v) is 9.27. The third-order valence-corrected chi connectivity index (χ3v) is 4.56. The molecule has 3 aromatic carbocycles. The Morgan fingerprint density at radius 1 is 0.778 bits per heavy atom. The molecule has 0 bridgehead atoms. The number of fused-ring (bicyclic) bond motifs is 1. The molecule has 1 heterocycles. The van der Waals surface area contributed by atoms with E-state index in [1.807, 2.05) is 54.6 Å². The molecule has 4 rings (SSSR count). The minimum Gasteiger partial charge on any atom is -0.486 e. The maximum atomic E-state index is 5.64. The van der Waals surface area contributed by atoms with Crippen LogP contribution in [0.25, 0.3) is 0 Å². The monoisotopic (exact) mass is 376 g/mol. The third kappa shape index (κ3) is 4.20. The maximum absolute atomic E-state index is 5.64. The molecule has 3 aromatic rings. The van der Waals surface area contributed by atoms with Crippen LogP contribution in [0.1, 0.15) is 17.2 Å². The lowest BCUT2D eigenvalue weighted by atomic mass is 9.99. The summed E-state index contributed by atoms with van der Waals surface area (Å²) >= 11 is 5.57. The number of anilines is 1. The van der Waals surface area contributed by atoms with Crippen LogP contribution in [0.15, 0.2) is 78.9 Å². The Labute approximate surface area is 164 Å². The number of rotatable bonds is 4. The van der Waals surface area contributed by atoms with Crippen molar-refractivity contribution in [1.29, 1.82) is 0 Å². The summed E-state index contributed by atoms with van der Waals surface area (Å²) in [5.74, 6) is 1.49. The molecule has 27 heavy (non-hydrogen) atoms. The molecule has 0 radical (unpaired) electrons. The highest BCUT2D eigenvalue weighted by Gasteiger charge is 2.16. The van der Waals surface area contributed by atoms with Crippen LogP contribution in [0.5, 0.6) is 11.5 Å². The molecular weight excluding hydrogens is 356 g/mol. The molecule has 136 valence electrons. The number of hydrogen-bond acceptors (Lipinski definition) is 3. The number of thiocarbonyl (C=S) groups is 1. The van der Waals surface area contributed by atoms with Crippen molar-refractivity contribution in [2.24, 2.45) is 0 Å². The van der Waals surface area contributed by atoms with Gasteiger partial charge < -0.3 is 20.1 Å².